The highest BCUT2D eigenvalue weighted by atomic mass is 15.1. The van der Waals surface area contributed by atoms with Gasteiger partial charge in [0.05, 0.1) is 61.6 Å². The molecular formula is C74H69N5. The molecule has 0 saturated carbocycles. The molecule has 4 heterocycles. The van der Waals surface area contributed by atoms with Gasteiger partial charge in [-0.3, -0.25) is 0 Å². The maximum absolute atomic E-state index is 5.60. The Kier molecular flexibility index (Phi) is 11.4. The third kappa shape index (κ3) is 8.45. The van der Waals surface area contributed by atoms with E-state index in [1.165, 1.54) is 54.6 Å². The van der Waals surface area contributed by atoms with Gasteiger partial charge in [-0.2, -0.15) is 0 Å². The summed E-state index contributed by atoms with van der Waals surface area (Å²) in [6, 6.07) is 74.6. The molecule has 0 unspecified atom stereocenters. The number of nitrogens with zero attached hydrogens (tertiary/aromatic N) is 5. The largest absolute Gasteiger partial charge is 0.307 e. The topological polar surface area (TPSA) is 40.6 Å². The highest BCUT2D eigenvalue weighted by Gasteiger charge is 2.29. The molecule has 0 saturated heterocycles. The predicted molar refractivity (Wildman–Crippen MR) is 336 cm³/mol. The molecule has 0 radical (unpaired) electrons. The molecule has 4 aromatic heterocycles. The third-order valence-electron chi connectivity index (χ3n) is 16.5. The number of hydrogen-bond acceptors (Lipinski definition) is 2. The quantitative estimate of drug-likeness (QED) is 0.167. The molecule has 0 aliphatic rings. The molecule has 0 aliphatic heterocycles. The summed E-state index contributed by atoms with van der Waals surface area (Å²) in [4.78, 5) is 10.9. The van der Waals surface area contributed by atoms with E-state index in [9.17, 15) is 0 Å². The fourth-order valence-corrected chi connectivity index (χ4v) is 12.0. The molecule has 0 amide bonds. The van der Waals surface area contributed by atoms with Crippen molar-refractivity contribution >= 4 is 65.4 Å². The summed E-state index contributed by atoms with van der Waals surface area (Å²) in [5, 5.41) is 7.33. The second kappa shape index (κ2) is 18.0. The van der Waals surface area contributed by atoms with Gasteiger partial charge in [-0.25, -0.2) is 9.97 Å². The second-order valence-corrected chi connectivity index (χ2v) is 26.0. The van der Waals surface area contributed by atoms with Crippen LogP contribution in [0.4, 0.5) is 0 Å². The lowest BCUT2D eigenvalue weighted by Crippen LogP contribution is -2.12. The van der Waals surface area contributed by atoms with E-state index in [0.717, 1.165) is 78.2 Å². The van der Waals surface area contributed by atoms with Gasteiger partial charge < -0.3 is 13.7 Å². The number of aromatic nitrogens is 5. The third-order valence-corrected chi connectivity index (χ3v) is 16.5. The average Bonchev–Trinajstić information content (AvgIpc) is 3.65. The predicted octanol–water partition coefficient (Wildman–Crippen LogP) is 20.0. The highest BCUT2D eigenvalue weighted by Crippen LogP contribution is 2.47. The lowest BCUT2D eigenvalue weighted by atomic mass is 9.85. The van der Waals surface area contributed by atoms with Crippen molar-refractivity contribution in [1.82, 2.24) is 23.7 Å². The molecule has 5 heteroatoms. The highest BCUT2D eigenvalue weighted by molar-refractivity contribution is 6.14. The van der Waals surface area contributed by atoms with Gasteiger partial charge in [-0.15, -0.1) is 0 Å². The minimum Gasteiger partial charge on any atom is -0.307 e. The van der Waals surface area contributed by atoms with E-state index >= 15 is 0 Å². The van der Waals surface area contributed by atoms with Crippen LogP contribution in [0.25, 0.3) is 116 Å². The molecule has 9 aromatic carbocycles. The zero-order valence-corrected chi connectivity index (χ0v) is 47.8. The summed E-state index contributed by atoms with van der Waals surface area (Å²) in [5.74, 6) is 0.675. The summed E-state index contributed by atoms with van der Waals surface area (Å²) in [5.41, 5.74) is 19.6. The van der Waals surface area contributed by atoms with Crippen molar-refractivity contribution in [3.8, 4) is 51.0 Å². The molecule has 0 N–H and O–H groups in total. The molecule has 79 heavy (non-hydrogen) atoms. The molecule has 0 spiro atoms. The molecule has 13 aromatic rings. The Morgan fingerprint density at radius 3 is 0.949 bits per heavy atom. The van der Waals surface area contributed by atoms with E-state index < -0.39 is 0 Å². The molecule has 0 aliphatic carbocycles. The van der Waals surface area contributed by atoms with Crippen LogP contribution in [0, 0.1) is 0 Å². The van der Waals surface area contributed by atoms with E-state index in [4.69, 9.17) is 9.97 Å². The summed E-state index contributed by atoms with van der Waals surface area (Å²) >= 11 is 0. The van der Waals surface area contributed by atoms with Gasteiger partial charge in [0, 0.05) is 49.0 Å². The number of para-hydroxylation sites is 2. The van der Waals surface area contributed by atoms with Crippen molar-refractivity contribution in [2.24, 2.45) is 0 Å². The van der Waals surface area contributed by atoms with Crippen LogP contribution < -0.4 is 0 Å². The fraction of sp³-hybridized carbons (Fsp3) is 0.216. The minimum atomic E-state index is -0.0678. The first-order valence-corrected chi connectivity index (χ1v) is 28.1. The van der Waals surface area contributed by atoms with E-state index in [0.29, 0.717) is 5.82 Å². The monoisotopic (exact) mass is 1030 g/mol. The van der Waals surface area contributed by atoms with Gasteiger partial charge >= 0.3 is 0 Å². The van der Waals surface area contributed by atoms with E-state index in [1.54, 1.807) is 0 Å². The molecule has 0 fully saturated rings. The standard InChI is InChI=1S/C74H69N5/c1-71(2,3)49-31-35-63-55(41-49)56-42-50(72(4,5)6)32-36-64(56)77(63)67-39-48(60-45-59(46-23-15-13-16-24-46)75-70(76-60)47-25-17-14-18-26-47)40-68(69(67)79-61-29-21-19-27-53(61)54-28-20-22-30-62(54)79)78-65-37-33-51(73(7,8)9)43-57(65)58-44-52(74(10,11)12)34-38-66(58)78/h13-45H,1-12H3. The molecule has 5 nitrogen and oxygen atoms in total. The number of hydrogen-bond donors (Lipinski definition) is 0. The number of benzene rings is 9. The maximum atomic E-state index is 5.60. The van der Waals surface area contributed by atoms with Crippen LogP contribution >= 0.6 is 0 Å². The Morgan fingerprint density at radius 1 is 0.266 bits per heavy atom. The second-order valence-electron chi connectivity index (χ2n) is 26.0. The molecular weight excluding hydrogens is 959 g/mol. The SMILES string of the molecule is CC(C)(C)c1ccc2c(c1)c1cc(C(C)(C)C)ccc1n2-c1cc(-c2cc(-c3ccccc3)nc(-c3ccccc3)n2)cc(-n2c3ccc(C(C)(C)C)cc3c3cc(C(C)(C)C)ccc32)c1-n1c2ccccc2c2ccccc21. The summed E-state index contributed by atoms with van der Waals surface area (Å²) in [6.45, 7) is 27.8. The van der Waals surface area contributed by atoms with E-state index in [2.05, 4.69) is 297 Å². The van der Waals surface area contributed by atoms with E-state index in [1.807, 2.05) is 0 Å². The fourth-order valence-electron chi connectivity index (χ4n) is 12.0. The van der Waals surface area contributed by atoms with Crippen molar-refractivity contribution < 1.29 is 0 Å². The number of rotatable bonds is 6. The molecule has 390 valence electrons. The first-order valence-electron chi connectivity index (χ1n) is 28.1. The maximum Gasteiger partial charge on any atom is 0.160 e. The normalized spacial score (nSPS) is 12.8. The molecule has 13 rings (SSSR count). The summed E-state index contributed by atoms with van der Waals surface area (Å²) in [6.07, 6.45) is 0. The smallest absolute Gasteiger partial charge is 0.160 e. The Balaban J connectivity index is 1.28. The average molecular weight is 1030 g/mol. The lowest BCUT2D eigenvalue weighted by molar-refractivity contribution is 0.590. The van der Waals surface area contributed by atoms with Gasteiger partial charge in [-0.1, -0.05) is 204 Å². The summed E-state index contributed by atoms with van der Waals surface area (Å²) < 4.78 is 7.69. The van der Waals surface area contributed by atoms with Crippen molar-refractivity contribution in [3.05, 3.63) is 222 Å². The van der Waals surface area contributed by atoms with Crippen molar-refractivity contribution in [2.75, 3.05) is 0 Å². The Morgan fingerprint density at radius 2 is 0.582 bits per heavy atom. The zero-order chi connectivity index (χ0) is 54.9. The first-order chi connectivity index (χ1) is 37.7. The van der Waals surface area contributed by atoms with Crippen molar-refractivity contribution in [3.63, 3.8) is 0 Å². The van der Waals surface area contributed by atoms with Gasteiger partial charge in [0.1, 0.15) is 0 Å². The molecule has 0 bridgehead atoms. The number of fused-ring (bicyclic) bond motifs is 9. The van der Waals surface area contributed by atoms with Crippen LogP contribution in [-0.2, 0) is 21.7 Å². The van der Waals surface area contributed by atoms with Crippen LogP contribution in [0.3, 0.4) is 0 Å². The zero-order valence-electron chi connectivity index (χ0n) is 47.8. The Labute approximate surface area is 464 Å². The van der Waals surface area contributed by atoms with Crippen LogP contribution in [0.2, 0.25) is 0 Å². The van der Waals surface area contributed by atoms with Crippen molar-refractivity contribution in [1.29, 1.82) is 0 Å². The summed E-state index contributed by atoms with van der Waals surface area (Å²) in [7, 11) is 0. The van der Waals surface area contributed by atoms with Gasteiger partial charge in [0.15, 0.2) is 5.82 Å². The van der Waals surface area contributed by atoms with Crippen molar-refractivity contribution in [2.45, 2.75) is 105 Å². The van der Waals surface area contributed by atoms with Crippen LogP contribution in [0.15, 0.2) is 200 Å². The van der Waals surface area contributed by atoms with Gasteiger partial charge in [-0.05, 0) is 123 Å². The van der Waals surface area contributed by atoms with Crippen LogP contribution in [0.1, 0.15) is 105 Å². The Bertz CT molecular complexity index is 4130. The first kappa shape index (κ1) is 50.0. The lowest BCUT2D eigenvalue weighted by Gasteiger charge is -2.24. The van der Waals surface area contributed by atoms with Crippen LogP contribution in [0.5, 0.6) is 0 Å². The molecule has 0 atom stereocenters. The van der Waals surface area contributed by atoms with Gasteiger partial charge in [0.2, 0.25) is 0 Å². The minimum absolute atomic E-state index is 0.0678. The Hall–Kier alpha value is -8.54. The van der Waals surface area contributed by atoms with E-state index in [-0.39, 0.29) is 21.7 Å². The van der Waals surface area contributed by atoms with Crippen LogP contribution in [-0.4, -0.2) is 23.7 Å². The van der Waals surface area contributed by atoms with Gasteiger partial charge in [0.25, 0.3) is 0 Å².